The molecular formula is C15H14N2O2S. The Hall–Kier alpha value is -2.14. The predicted octanol–water partition coefficient (Wildman–Crippen LogP) is 3.31. The maximum absolute atomic E-state index is 11.8. The number of aromatic nitrogens is 2. The second-order valence-electron chi connectivity index (χ2n) is 4.52. The van der Waals surface area contributed by atoms with E-state index in [1.807, 2.05) is 18.3 Å². The van der Waals surface area contributed by atoms with E-state index in [2.05, 4.69) is 16.9 Å². The number of carbonyl (C=O) groups excluding carboxylic acids is 1. The van der Waals surface area contributed by atoms with Crippen LogP contribution in [0.3, 0.4) is 0 Å². The Morgan fingerprint density at radius 2 is 2.30 bits per heavy atom. The molecule has 3 rings (SSSR count). The standard InChI is InChI=1S/C15H14N2O2S/c1-9-12(8-13-16-6-7-17-13)10-4-3-5-11(14(10)20-9)15(18)19-2/h3-7H,8H2,1-2H3,(H,16,17). The van der Waals surface area contributed by atoms with Gasteiger partial charge in [0.25, 0.3) is 0 Å². The van der Waals surface area contributed by atoms with Crippen molar-refractivity contribution < 1.29 is 9.53 Å². The number of benzene rings is 1. The van der Waals surface area contributed by atoms with Crippen molar-refractivity contribution >= 4 is 27.4 Å². The van der Waals surface area contributed by atoms with Gasteiger partial charge in [-0.1, -0.05) is 12.1 Å². The molecule has 2 aromatic heterocycles. The summed E-state index contributed by atoms with van der Waals surface area (Å²) >= 11 is 1.63. The summed E-state index contributed by atoms with van der Waals surface area (Å²) in [6.07, 6.45) is 4.31. The Bertz CT molecular complexity index is 760. The molecule has 0 bridgehead atoms. The van der Waals surface area contributed by atoms with Crippen molar-refractivity contribution in [1.29, 1.82) is 0 Å². The van der Waals surface area contributed by atoms with Gasteiger partial charge in [-0.15, -0.1) is 11.3 Å². The van der Waals surface area contributed by atoms with E-state index in [1.165, 1.54) is 17.6 Å². The second-order valence-corrected chi connectivity index (χ2v) is 5.75. The number of H-pyrrole nitrogens is 1. The maximum atomic E-state index is 11.8. The number of thiophene rings is 1. The van der Waals surface area contributed by atoms with Crippen LogP contribution in [0.5, 0.6) is 0 Å². The minimum absolute atomic E-state index is 0.290. The molecule has 0 aliphatic rings. The zero-order valence-corrected chi connectivity index (χ0v) is 12.1. The summed E-state index contributed by atoms with van der Waals surface area (Å²) in [5.41, 5.74) is 1.84. The van der Waals surface area contributed by atoms with E-state index in [1.54, 1.807) is 23.6 Å². The number of fused-ring (bicyclic) bond motifs is 1. The van der Waals surface area contributed by atoms with Gasteiger partial charge < -0.3 is 9.72 Å². The van der Waals surface area contributed by atoms with Crippen LogP contribution in [0.2, 0.25) is 0 Å². The van der Waals surface area contributed by atoms with E-state index < -0.39 is 0 Å². The molecule has 0 amide bonds. The lowest BCUT2D eigenvalue weighted by Gasteiger charge is -2.02. The SMILES string of the molecule is COC(=O)c1cccc2c(Cc3ncc[nH]3)c(C)sc12. The Kier molecular flexibility index (Phi) is 3.28. The van der Waals surface area contributed by atoms with Gasteiger partial charge in [-0.3, -0.25) is 0 Å². The quantitative estimate of drug-likeness (QED) is 0.751. The highest BCUT2D eigenvalue weighted by Gasteiger charge is 2.17. The highest BCUT2D eigenvalue weighted by molar-refractivity contribution is 7.19. The van der Waals surface area contributed by atoms with Crippen molar-refractivity contribution in [1.82, 2.24) is 9.97 Å². The number of nitrogens with zero attached hydrogens (tertiary/aromatic N) is 1. The van der Waals surface area contributed by atoms with Gasteiger partial charge in [0.15, 0.2) is 0 Å². The summed E-state index contributed by atoms with van der Waals surface area (Å²) in [6.45, 7) is 2.07. The number of carbonyl (C=O) groups is 1. The van der Waals surface area contributed by atoms with Crippen LogP contribution in [0.4, 0.5) is 0 Å². The van der Waals surface area contributed by atoms with Gasteiger partial charge >= 0.3 is 5.97 Å². The monoisotopic (exact) mass is 286 g/mol. The number of aromatic amines is 1. The molecule has 0 saturated heterocycles. The molecule has 0 radical (unpaired) electrons. The first-order valence-corrected chi connectivity index (χ1v) is 7.10. The highest BCUT2D eigenvalue weighted by Crippen LogP contribution is 2.34. The van der Waals surface area contributed by atoms with Crippen LogP contribution >= 0.6 is 11.3 Å². The minimum atomic E-state index is -0.290. The van der Waals surface area contributed by atoms with Crippen molar-refractivity contribution in [2.45, 2.75) is 13.3 Å². The van der Waals surface area contributed by atoms with Crippen LogP contribution in [-0.4, -0.2) is 23.0 Å². The lowest BCUT2D eigenvalue weighted by molar-refractivity contribution is 0.0603. The van der Waals surface area contributed by atoms with Gasteiger partial charge in [0.1, 0.15) is 5.82 Å². The van der Waals surface area contributed by atoms with E-state index in [0.717, 1.165) is 22.3 Å². The number of nitrogens with one attached hydrogen (secondary N) is 1. The summed E-state index contributed by atoms with van der Waals surface area (Å²) in [4.78, 5) is 20.4. The summed E-state index contributed by atoms with van der Waals surface area (Å²) in [5.74, 6) is 0.637. The lowest BCUT2D eigenvalue weighted by atomic mass is 10.1. The first-order valence-electron chi connectivity index (χ1n) is 6.28. The third-order valence-electron chi connectivity index (χ3n) is 3.32. The molecule has 0 aliphatic carbocycles. The lowest BCUT2D eigenvalue weighted by Crippen LogP contribution is -2.00. The van der Waals surface area contributed by atoms with E-state index in [0.29, 0.717) is 5.56 Å². The number of imidazole rings is 1. The smallest absolute Gasteiger partial charge is 0.339 e. The number of ether oxygens (including phenoxy) is 1. The van der Waals surface area contributed by atoms with Gasteiger partial charge in [-0.25, -0.2) is 9.78 Å². The minimum Gasteiger partial charge on any atom is -0.465 e. The molecule has 4 nitrogen and oxygen atoms in total. The molecular weight excluding hydrogens is 272 g/mol. The third-order valence-corrected chi connectivity index (χ3v) is 4.52. The van der Waals surface area contributed by atoms with Crippen molar-refractivity contribution in [3.05, 3.63) is 52.4 Å². The first kappa shape index (κ1) is 12.9. The Morgan fingerprint density at radius 1 is 1.45 bits per heavy atom. The van der Waals surface area contributed by atoms with Crippen LogP contribution < -0.4 is 0 Å². The average molecular weight is 286 g/mol. The molecule has 1 aromatic carbocycles. The molecule has 0 unspecified atom stereocenters. The van der Waals surface area contributed by atoms with Crippen molar-refractivity contribution in [2.75, 3.05) is 7.11 Å². The molecule has 0 spiro atoms. The summed E-state index contributed by atoms with van der Waals surface area (Å²) < 4.78 is 5.83. The predicted molar refractivity (Wildman–Crippen MR) is 79.3 cm³/mol. The van der Waals surface area contributed by atoms with Gasteiger partial charge in [-0.05, 0) is 23.9 Å². The van der Waals surface area contributed by atoms with Gasteiger partial charge in [0.05, 0.1) is 12.7 Å². The molecule has 2 heterocycles. The zero-order chi connectivity index (χ0) is 14.1. The average Bonchev–Trinajstić information content (AvgIpc) is 3.07. The Morgan fingerprint density at radius 3 is 3.00 bits per heavy atom. The second kappa shape index (κ2) is 5.09. The topological polar surface area (TPSA) is 55.0 Å². The van der Waals surface area contributed by atoms with Gasteiger partial charge in [0, 0.05) is 28.4 Å². The summed E-state index contributed by atoms with van der Waals surface area (Å²) in [7, 11) is 1.41. The van der Waals surface area contributed by atoms with Crippen molar-refractivity contribution in [3.63, 3.8) is 0 Å². The van der Waals surface area contributed by atoms with Crippen LogP contribution in [0.25, 0.3) is 10.1 Å². The first-order chi connectivity index (χ1) is 9.70. The largest absolute Gasteiger partial charge is 0.465 e. The zero-order valence-electron chi connectivity index (χ0n) is 11.3. The molecule has 3 aromatic rings. The maximum Gasteiger partial charge on any atom is 0.339 e. The van der Waals surface area contributed by atoms with Crippen LogP contribution in [0.1, 0.15) is 26.6 Å². The highest BCUT2D eigenvalue weighted by atomic mass is 32.1. The van der Waals surface area contributed by atoms with E-state index >= 15 is 0 Å². The number of esters is 1. The molecule has 20 heavy (non-hydrogen) atoms. The van der Waals surface area contributed by atoms with Crippen molar-refractivity contribution in [2.24, 2.45) is 0 Å². The molecule has 5 heteroatoms. The fraction of sp³-hybridized carbons (Fsp3) is 0.200. The number of rotatable bonds is 3. The van der Waals surface area contributed by atoms with Gasteiger partial charge in [-0.2, -0.15) is 0 Å². The number of hydrogen-bond donors (Lipinski definition) is 1. The summed E-state index contributed by atoms with van der Waals surface area (Å²) in [5, 5.41) is 1.10. The fourth-order valence-electron chi connectivity index (χ4n) is 2.34. The van der Waals surface area contributed by atoms with Crippen LogP contribution in [-0.2, 0) is 11.2 Å². The normalized spacial score (nSPS) is 10.9. The third kappa shape index (κ3) is 2.10. The Balaban J connectivity index is 2.14. The number of aryl methyl sites for hydroxylation is 1. The van der Waals surface area contributed by atoms with Gasteiger partial charge in [0.2, 0.25) is 0 Å². The molecule has 102 valence electrons. The molecule has 0 fully saturated rings. The van der Waals surface area contributed by atoms with Crippen molar-refractivity contribution in [3.8, 4) is 0 Å². The number of methoxy groups -OCH3 is 1. The Labute approximate surface area is 120 Å². The van der Waals surface area contributed by atoms with Crippen LogP contribution in [0, 0.1) is 6.92 Å². The van der Waals surface area contributed by atoms with E-state index in [-0.39, 0.29) is 5.97 Å². The number of hydrogen-bond acceptors (Lipinski definition) is 4. The van der Waals surface area contributed by atoms with E-state index in [9.17, 15) is 4.79 Å². The van der Waals surface area contributed by atoms with Crippen LogP contribution in [0.15, 0.2) is 30.6 Å². The van der Waals surface area contributed by atoms with E-state index in [4.69, 9.17) is 4.74 Å². The fourth-order valence-corrected chi connectivity index (χ4v) is 3.52. The molecule has 0 atom stereocenters. The molecule has 0 aliphatic heterocycles. The molecule has 0 saturated carbocycles. The summed E-state index contributed by atoms with van der Waals surface area (Å²) in [6, 6.07) is 5.75. The molecule has 1 N–H and O–H groups in total.